The number of allylic oxidation sites excluding steroid dienone is 1. The summed E-state index contributed by atoms with van der Waals surface area (Å²) in [6.07, 6.45) is 7.63. The summed E-state index contributed by atoms with van der Waals surface area (Å²) in [5.41, 5.74) is 6.35. The van der Waals surface area contributed by atoms with Gasteiger partial charge in [-0.3, -0.25) is 4.79 Å². The minimum absolute atomic E-state index is 0.0369. The smallest absolute Gasteiger partial charge is 0.223 e. The highest BCUT2D eigenvalue weighted by Crippen LogP contribution is 2.19. The molecule has 0 saturated carbocycles. The van der Waals surface area contributed by atoms with Gasteiger partial charge in [-0.1, -0.05) is 24.3 Å². The van der Waals surface area contributed by atoms with E-state index < -0.39 is 0 Å². The average Bonchev–Trinajstić information content (AvgIpc) is 2.42. The Morgan fingerprint density at radius 1 is 1.37 bits per heavy atom. The molecule has 0 aliphatic heterocycles. The summed E-state index contributed by atoms with van der Waals surface area (Å²) in [6.45, 7) is 0.350. The molecule has 1 aromatic carbocycles. The lowest BCUT2D eigenvalue weighted by Crippen LogP contribution is -2.35. The van der Waals surface area contributed by atoms with Crippen molar-refractivity contribution >= 4 is 11.6 Å². The van der Waals surface area contributed by atoms with Crippen LogP contribution in [0.5, 0.6) is 5.75 Å². The summed E-state index contributed by atoms with van der Waals surface area (Å²) < 4.78 is 5.50. The Kier molecular flexibility index (Phi) is 4.84. The van der Waals surface area contributed by atoms with Crippen molar-refractivity contribution in [2.24, 2.45) is 0 Å². The van der Waals surface area contributed by atoms with Gasteiger partial charge in [-0.2, -0.15) is 0 Å². The standard InChI is InChI=1S/C15H20N2O2/c16-13-8-4-5-9-14(13)19-11-10-15(18)17-12-6-2-1-3-7-12/h1-2,4-5,8-9,12H,3,6-7,10-11,16H2,(H,17,18). The second kappa shape index (κ2) is 6.83. The lowest BCUT2D eigenvalue weighted by Gasteiger charge is -2.19. The summed E-state index contributed by atoms with van der Waals surface area (Å²) in [4.78, 5) is 11.7. The predicted octanol–water partition coefficient (Wildman–Crippen LogP) is 2.26. The molecule has 4 heteroatoms. The number of anilines is 1. The van der Waals surface area contributed by atoms with Gasteiger partial charge in [0.25, 0.3) is 0 Å². The van der Waals surface area contributed by atoms with Crippen molar-refractivity contribution < 1.29 is 9.53 Å². The van der Waals surface area contributed by atoms with E-state index in [0.717, 1.165) is 19.3 Å². The molecule has 0 heterocycles. The Labute approximate surface area is 113 Å². The number of hydrogen-bond donors (Lipinski definition) is 2. The van der Waals surface area contributed by atoms with Crippen molar-refractivity contribution in [2.45, 2.75) is 31.7 Å². The number of rotatable bonds is 5. The van der Waals surface area contributed by atoms with Gasteiger partial charge in [0.2, 0.25) is 5.91 Å². The zero-order valence-corrected chi connectivity index (χ0v) is 11.0. The highest BCUT2D eigenvalue weighted by atomic mass is 16.5. The molecule has 1 aliphatic rings. The number of hydrogen-bond acceptors (Lipinski definition) is 3. The molecule has 0 radical (unpaired) electrons. The first kappa shape index (κ1) is 13.5. The van der Waals surface area contributed by atoms with Crippen LogP contribution in [-0.2, 0) is 4.79 Å². The molecule has 1 aliphatic carbocycles. The van der Waals surface area contributed by atoms with Crippen molar-refractivity contribution in [3.05, 3.63) is 36.4 Å². The highest BCUT2D eigenvalue weighted by Gasteiger charge is 2.12. The zero-order chi connectivity index (χ0) is 13.5. The number of nitrogen functional groups attached to an aromatic ring is 1. The molecule has 1 aromatic rings. The molecule has 4 nitrogen and oxygen atoms in total. The number of benzene rings is 1. The van der Waals surface area contributed by atoms with Crippen LogP contribution in [0.15, 0.2) is 36.4 Å². The van der Waals surface area contributed by atoms with Crippen molar-refractivity contribution in [1.29, 1.82) is 0 Å². The molecule has 3 N–H and O–H groups in total. The van der Waals surface area contributed by atoms with E-state index in [-0.39, 0.29) is 11.9 Å². The van der Waals surface area contributed by atoms with Crippen LogP contribution in [0.4, 0.5) is 5.69 Å². The van der Waals surface area contributed by atoms with E-state index in [2.05, 4.69) is 17.5 Å². The minimum Gasteiger partial charge on any atom is -0.491 e. The predicted molar refractivity (Wildman–Crippen MR) is 75.9 cm³/mol. The summed E-state index contributed by atoms with van der Waals surface area (Å²) >= 11 is 0. The van der Waals surface area contributed by atoms with Crippen LogP contribution in [-0.4, -0.2) is 18.6 Å². The number of nitrogens with two attached hydrogens (primary N) is 1. The first-order valence-electron chi connectivity index (χ1n) is 6.67. The average molecular weight is 260 g/mol. The molecule has 1 amide bonds. The maximum Gasteiger partial charge on any atom is 0.223 e. The first-order chi connectivity index (χ1) is 9.25. The number of amides is 1. The van der Waals surface area contributed by atoms with E-state index >= 15 is 0 Å². The third-order valence-electron chi connectivity index (χ3n) is 3.14. The van der Waals surface area contributed by atoms with Crippen molar-refractivity contribution in [1.82, 2.24) is 5.32 Å². The highest BCUT2D eigenvalue weighted by molar-refractivity contribution is 5.76. The molecule has 0 fully saturated rings. The van der Waals surface area contributed by atoms with Crippen LogP contribution < -0.4 is 15.8 Å². The number of carbonyl (C=O) groups is 1. The number of ether oxygens (including phenoxy) is 1. The zero-order valence-electron chi connectivity index (χ0n) is 11.0. The fraction of sp³-hybridized carbons (Fsp3) is 0.400. The van der Waals surface area contributed by atoms with Gasteiger partial charge >= 0.3 is 0 Å². The summed E-state index contributed by atoms with van der Waals surface area (Å²) in [7, 11) is 0. The quantitative estimate of drug-likeness (QED) is 0.630. The van der Waals surface area contributed by atoms with Gasteiger partial charge in [-0.25, -0.2) is 0 Å². The Bertz CT molecular complexity index is 457. The van der Waals surface area contributed by atoms with Crippen molar-refractivity contribution in [2.75, 3.05) is 12.3 Å². The van der Waals surface area contributed by atoms with Gasteiger partial charge < -0.3 is 15.8 Å². The maximum atomic E-state index is 11.7. The van der Waals surface area contributed by atoms with Gasteiger partial charge in [0.15, 0.2) is 0 Å². The molecule has 0 bridgehead atoms. The minimum atomic E-state index is 0.0369. The van der Waals surface area contributed by atoms with E-state index in [1.165, 1.54) is 0 Å². The summed E-state index contributed by atoms with van der Waals surface area (Å²) in [5.74, 6) is 0.672. The molecular formula is C15H20N2O2. The van der Waals surface area contributed by atoms with Crippen LogP contribution >= 0.6 is 0 Å². The molecule has 0 aromatic heterocycles. The Balaban J connectivity index is 1.69. The number of nitrogens with one attached hydrogen (secondary N) is 1. The van der Waals surface area contributed by atoms with Gasteiger partial charge in [0, 0.05) is 6.04 Å². The second-order valence-corrected chi connectivity index (χ2v) is 4.69. The third-order valence-corrected chi connectivity index (χ3v) is 3.14. The van der Waals surface area contributed by atoms with Crippen molar-refractivity contribution in [3.8, 4) is 5.75 Å². The Morgan fingerprint density at radius 3 is 2.95 bits per heavy atom. The van der Waals surface area contributed by atoms with Crippen LogP contribution in [0.1, 0.15) is 25.7 Å². The van der Waals surface area contributed by atoms with E-state index in [9.17, 15) is 4.79 Å². The van der Waals surface area contributed by atoms with Gasteiger partial charge in [0.05, 0.1) is 18.7 Å². The van der Waals surface area contributed by atoms with Gasteiger partial charge in [-0.15, -0.1) is 0 Å². The van der Waals surface area contributed by atoms with Gasteiger partial charge in [0.1, 0.15) is 5.75 Å². The summed E-state index contributed by atoms with van der Waals surface area (Å²) in [6, 6.07) is 7.58. The number of para-hydroxylation sites is 2. The third kappa shape index (κ3) is 4.32. The lowest BCUT2D eigenvalue weighted by atomic mass is 10.0. The second-order valence-electron chi connectivity index (χ2n) is 4.69. The van der Waals surface area contributed by atoms with Gasteiger partial charge in [-0.05, 0) is 31.4 Å². The molecule has 1 unspecified atom stereocenters. The lowest BCUT2D eigenvalue weighted by molar-refractivity contribution is -0.122. The topological polar surface area (TPSA) is 64.3 Å². The fourth-order valence-electron chi connectivity index (χ4n) is 2.09. The SMILES string of the molecule is Nc1ccccc1OCCC(=O)NC1CC=CCC1. The maximum absolute atomic E-state index is 11.7. The molecule has 2 rings (SSSR count). The van der Waals surface area contributed by atoms with E-state index in [1.54, 1.807) is 12.1 Å². The van der Waals surface area contributed by atoms with Crippen LogP contribution in [0.25, 0.3) is 0 Å². The molecule has 102 valence electrons. The monoisotopic (exact) mass is 260 g/mol. The van der Waals surface area contributed by atoms with E-state index in [0.29, 0.717) is 24.5 Å². The van der Waals surface area contributed by atoms with E-state index in [4.69, 9.17) is 10.5 Å². The normalized spacial score (nSPS) is 18.0. The van der Waals surface area contributed by atoms with Crippen LogP contribution in [0.3, 0.4) is 0 Å². The fourth-order valence-corrected chi connectivity index (χ4v) is 2.09. The number of carbonyl (C=O) groups excluding carboxylic acids is 1. The van der Waals surface area contributed by atoms with Crippen LogP contribution in [0.2, 0.25) is 0 Å². The summed E-state index contributed by atoms with van der Waals surface area (Å²) in [5, 5.41) is 3.02. The Hall–Kier alpha value is -1.97. The van der Waals surface area contributed by atoms with Crippen LogP contribution in [0, 0.1) is 0 Å². The van der Waals surface area contributed by atoms with Crippen molar-refractivity contribution in [3.63, 3.8) is 0 Å². The molecule has 0 saturated heterocycles. The van der Waals surface area contributed by atoms with E-state index in [1.807, 2.05) is 12.1 Å². The molecular weight excluding hydrogens is 240 g/mol. The largest absolute Gasteiger partial charge is 0.491 e. The molecule has 1 atom stereocenters. The first-order valence-corrected chi connectivity index (χ1v) is 6.67. The Morgan fingerprint density at radius 2 is 2.21 bits per heavy atom. The molecule has 0 spiro atoms. The molecule has 19 heavy (non-hydrogen) atoms.